The lowest BCUT2D eigenvalue weighted by molar-refractivity contribution is -0.384. The number of hydrogen-bond acceptors (Lipinski definition) is 7. The molecular weight excluding hydrogens is 450 g/mol. The maximum Gasteiger partial charge on any atom is 0.269 e. The molecule has 4 aliphatic carbocycles. The van der Waals surface area contributed by atoms with Crippen molar-refractivity contribution < 1.29 is 24.0 Å². The van der Waals surface area contributed by atoms with Crippen molar-refractivity contribution in [2.24, 2.45) is 40.6 Å². The molecule has 5 aliphatic rings. The molecule has 2 aromatic rings. The van der Waals surface area contributed by atoms with Crippen LogP contribution in [0.5, 0.6) is 11.5 Å². The van der Waals surface area contributed by atoms with Gasteiger partial charge in [-0.2, -0.15) is 10.1 Å². The van der Waals surface area contributed by atoms with Gasteiger partial charge < -0.3 is 9.47 Å². The number of nitro groups is 1. The first-order valence-corrected chi connectivity index (χ1v) is 11.6. The molecule has 2 saturated carbocycles. The minimum atomic E-state index is -0.450. The van der Waals surface area contributed by atoms with E-state index < -0.39 is 4.92 Å². The predicted octanol–water partition coefficient (Wildman–Crippen LogP) is 3.57. The molecule has 3 fully saturated rings. The van der Waals surface area contributed by atoms with Crippen LogP contribution in [0, 0.1) is 45.6 Å². The summed E-state index contributed by atoms with van der Waals surface area (Å²) in [5.74, 6) is 1.44. The fourth-order valence-corrected chi connectivity index (χ4v) is 5.94. The number of carbonyl (C=O) groups is 2. The fraction of sp³-hybridized carbons (Fsp3) is 0.346. The van der Waals surface area contributed by atoms with Crippen LogP contribution < -0.4 is 9.47 Å². The molecule has 35 heavy (non-hydrogen) atoms. The topological polar surface area (TPSA) is 111 Å². The Morgan fingerprint density at radius 2 is 1.69 bits per heavy atom. The van der Waals surface area contributed by atoms with E-state index in [1.165, 1.54) is 25.5 Å². The maximum absolute atomic E-state index is 13.1. The van der Waals surface area contributed by atoms with Crippen LogP contribution in [0.2, 0.25) is 0 Å². The van der Waals surface area contributed by atoms with E-state index in [0.717, 1.165) is 17.0 Å². The van der Waals surface area contributed by atoms with E-state index in [4.69, 9.17) is 9.47 Å². The number of methoxy groups -OCH3 is 1. The van der Waals surface area contributed by atoms with Gasteiger partial charge in [0.15, 0.2) is 11.5 Å². The summed E-state index contributed by atoms with van der Waals surface area (Å²) in [4.78, 5) is 36.5. The van der Waals surface area contributed by atoms with Gasteiger partial charge >= 0.3 is 0 Å². The lowest BCUT2D eigenvalue weighted by atomic mass is 9.63. The highest BCUT2D eigenvalue weighted by molar-refractivity contribution is 6.06. The third-order valence-electron chi connectivity index (χ3n) is 7.69. The third-order valence-corrected chi connectivity index (χ3v) is 7.69. The molecule has 9 heteroatoms. The number of amides is 2. The molecule has 1 heterocycles. The van der Waals surface area contributed by atoms with Gasteiger partial charge in [0.1, 0.15) is 6.61 Å². The Labute approximate surface area is 201 Å². The molecule has 2 bridgehead atoms. The van der Waals surface area contributed by atoms with Crippen LogP contribution >= 0.6 is 0 Å². The molecule has 2 aromatic carbocycles. The van der Waals surface area contributed by atoms with E-state index in [1.54, 1.807) is 30.3 Å². The average Bonchev–Trinajstić information content (AvgIpc) is 3.66. The van der Waals surface area contributed by atoms with Crippen LogP contribution in [-0.2, 0) is 16.2 Å². The summed E-state index contributed by atoms with van der Waals surface area (Å²) >= 11 is 0. The van der Waals surface area contributed by atoms with Gasteiger partial charge in [0, 0.05) is 12.1 Å². The Kier molecular flexibility index (Phi) is 4.94. The first-order valence-electron chi connectivity index (χ1n) is 11.6. The Hall–Kier alpha value is -4.01. The summed E-state index contributed by atoms with van der Waals surface area (Å²) in [7, 11) is 1.52. The second-order valence-corrected chi connectivity index (χ2v) is 9.51. The zero-order valence-electron chi connectivity index (χ0n) is 18.9. The molecule has 2 amide bonds. The SMILES string of the molecule is COc1cc(/C=N/N2C(=O)[C@H]3[C@@H]4C=C[C@H]([C@H]5C[C@H]45)[C@@H]3C2=O)ccc1OCc1ccc([N+](=O)[O-])cc1. The normalized spacial score (nSPS) is 29.9. The number of allylic oxidation sites excluding steroid dienone is 2. The van der Waals surface area contributed by atoms with Crippen LogP contribution in [0.3, 0.4) is 0 Å². The van der Waals surface area contributed by atoms with Crippen LogP contribution in [0.15, 0.2) is 59.7 Å². The van der Waals surface area contributed by atoms with Crippen molar-refractivity contribution in [3.8, 4) is 11.5 Å². The zero-order valence-corrected chi connectivity index (χ0v) is 18.9. The van der Waals surface area contributed by atoms with E-state index in [1.807, 2.05) is 0 Å². The van der Waals surface area contributed by atoms with Gasteiger partial charge in [-0.3, -0.25) is 19.7 Å². The van der Waals surface area contributed by atoms with Crippen molar-refractivity contribution >= 4 is 23.7 Å². The molecule has 1 saturated heterocycles. The van der Waals surface area contributed by atoms with Gasteiger partial charge in [-0.1, -0.05) is 12.2 Å². The van der Waals surface area contributed by atoms with E-state index in [9.17, 15) is 19.7 Å². The molecular formula is C26H23N3O6. The zero-order chi connectivity index (χ0) is 24.3. The van der Waals surface area contributed by atoms with Crippen molar-refractivity contribution in [3.05, 3.63) is 75.9 Å². The minimum Gasteiger partial charge on any atom is -0.493 e. The summed E-state index contributed by atoms with van der Waals surface area (Å²) in [6, 6.07) is 11.3. The second kappa shape index (κ2) is 8.04. The van der Waals surface area contributed by atoms with Crippen molar-refractivity contribution in [1.29, 1.82) is 0 Å². The quantitative estimate of drug-likeness (QED) is 0.200. The molecule has 0 N–H and O–H groups in total. The molecule has 7 rings (SSSR count). The Morgan fingerprint density at radius 3 is 2.29 bits per heavy atom. The van der Waals surface area contributed by atoms with E-state index in [2.05, 4.69) is 17.3 Å². The number of carbonyl (C=O) groups excluding carboxylic acids is 2. The van der Waals surface area contributed by atoms with Gasteiger partial charge in [-0.05, 0) is 71.6 Å². The molecule has 1 aliphatic heterocycles. The first-order chi connectivity index (χ1) is 17.0. The molecule has 9 nitrogen and oxygen atoms in total. The summed E-state index contributed by atoms with van der Waals surface area (Å²) in [5, 5.41) is 16.1. The second-order valence-electron chi connectivity index (χ2n) is 9.51. The Balaban J connectivity index is 1.15. The average molecular weight is 473 g/mol. The standard InChI is InChI=1S/C26H23N3O6/c1-34-22-10-15(4-9-21(22)35-13-14-2-5-16(6-3-14)29(32)33)12-27-28-25(30)23-17-7-8-18(20-11-19(17)20)24(23)26(28)31/h2-10,12,17-20,23-24H,11,13H2,1H3/b27-12+/t17-,18-,19-,20-,23+,24+/m1/s1. The minimum absolute atomic E-state index is 0.0184. The van der Waals surface area contributed by atoms with E-state index >= 15 is 0 Å². The maximum atomic E-state index is 13.1. The van der Waals surface area contributed by atoms with Crippen molar-refractivity contribution in [3.63, 3.8) is 0 Å². The summed E-state index contributed by atoms with van der Waals surface area (Å²) in [5.41, 5.74) is 1.45. The highest BCUT2D eigenvalue weighted by atomic mass is 16.6. The van der Waals surface area contributed by atoms with Gasteiger partial charge in [-0.25, -0.2) is 0 Å². The third kappa shape index (κ3) is 3.50. The van der Waals surface area contributed by atoms with Gasteiger partial charge in [-0.15, -0.1) is 0 Å². The number of imide groups is 1. The van der Waals surface area contributed by atoms with E-state index in [0.29, 0.717) is 28.9 Å². The summed E-state index contributed by atoms with van der Waals surface area (Å²) in [6.07, 6.45) is 6.89. The van der Waals surface area contributed by atoms with Crippen LogP contribution in [0.4, 0.5) is 5.69 Å². The molecule has 0 aromatic heterocycles. The largest absolute Gasteiger partial charge is 0.493 e. The number of nitro benzene ring substituents is 1. The van der Waals surface area contributed by atoms with Crippen molar-refractivity contribution in [2.75, 3.05) is 7.11 Å². The molecule has 0 unspecified atom stereocenters. The molecule has 6 atom stereocenters. The lowest BCUT2D eigenvalue weighted by Gasteiger charge is -2.37. The fourth-order valence-electron chi connectivity index (χ4n) is 5.94. The van der Waals surface area contributed by atoms with E-state index in [-0.39, 0.29) is 47.8 Å². The Morgan fingerprint density at radius 1 is 1.03 bits per heavy atom. The number of rotatable bonds is 7. The van der Waals surface area contributed by atoms with Crippen LogP contribution in [0.1, 0.15) is 17.5 Å². The first kappa shape index (κ1) is 21.5. The number of nitrogens with zero attached hydrogens (tertiary/aromatic N) is 3. The summed E-state index contributed by atoms with van der Waals surface area (Å²) < 4.78 is 11.3. The monoisotopic (exact) mass is 473 g/mol. The van der Waals surface area contributed by atoms with Crippen LogP contribution in [0.25, 0.3) is 0 Å². The number of ether oxygens (including phenoxy) is 2. The van der Waals surface area contributed by atoms with Gasteiger partial charge in [0.25, 0.3) is 17.5 Å². The predicted molar refractivity (Wildman–Crippen MR) is 125 cm³/mol. The number of benzene rings is 2. The molecule has 178 valence electrons. The number of hydrazone groups is 1. The lowest BCUT2D eigenvalue weighted by Crippen LogP contribution is -2.40. The Bertz CT molecular complexity index is 1250. The number of non-ortho nitro benzene ring substituents is 1. The van der Waals surface area contributed by atoms with Crippen molar-refractivity contribution in [1.82, 2.24) is 5.01 Å². The summed E-state index contributed by atoms with van der Waals surface area (Å²) in [6.45, 7) is 0.208. The van der Waals surface area contributed by atoms with Gasteiger partial charge in [0.2, 0.25) is 0 Å². The van der Waals surface area contributed by atoms with Crippen LogP contribution in [-0.4, -0.2) is 35.1 Å². The highest BCUT2D eigenvalue weighted by Crippen LogP contribution is 2.65. The molecule has 0 spiro atoms. The number of hydrogen-bond donors (Lipinski definition) is 0. The molecule has 0 radical (unpaired) electrons. The van der Waals surface area contributed by atoms with Gasteiger partial charge in [0.05, 0.1) is 30.1 Å². The highest BCUT2D eigenvalue weighted by Gasteiger charge is 2.67. The smallest absolute Gasteiger partial charge is 0.269 e. The van der Waals surface area contributed by atoms with Crippen molar-refractivity contribution in [2.45, 2.75) is 13.0 Å².